The Morgan fingerprint density at radius 1 is 1.18 bits per heavy atom. The molecule has 2 aromatic rings. The molecule has 1 saturated carbocycles. The van der Waals surface area contributed by atoms with Gasteiger partial charge in [0.2, 0.25) is 0 Å². The van der Waals surface area contributed by atoms with E-state index in [-0.39, 0.29) is 11.5 Å². The first-order valence-electron chi connectivity index (χ1n) is 5.90. The van der Waals surface area contributed by atoms with Gasteiger partial charge in [0.15, 0.2) is 0 Å². The topological polar surface area (TPSA) is 51.2 Å². The van der Waals surface area contributed by atoms with Gasteiger partial charge in [-0.25, -0.2) is 0 Å². The lowest BCUT2D eigenvalue weighted by Gasteiger charge is -2.26. The highest BCUT2D eigenvalue weighted by molar-refractivity contribution is 5.37. The molecular formula is C14H16N2O. The molecule has 3 N–H and O–H groups in total. The maximum Gasteiger partial charge on any atom is 0.0951 e. The number of hydrogen-bond acceptors (Lipinski definition) is 3. The van der Waals surface area contributed by atoms with Crippen LogP contribution in [-0.2, 0) is 5.41 Å². The molecule has 3 nitrogen and oxygen atoms in total. The summed E-state index contributed by atoms with van der Waals surface area (Å²) >= 11 is 0. The monoisotopic (exact) mass is 228 g/mol. The SMILES string of the molecule is NNC(c1ccoc1)C1(c2ccccc2)CC1. The number of nitrogens with two attached hydrogens (primary N) is 1. The summed E-state index contributed by atoms with van der Waals surface area (Å²) in [5.74, 6) is 5.74. The van der Waals surface area contributed by atoms with Crippen LogP contribution in [-0.4, -0.2) is 0 Å². The third-order valence-corrected chi connectivity index (χ3v) is 3.73. The van der Waals surface area contributed by atoms with E-state index < -0.39 is 0 Å². The van der Waals surface area contributed by atoms with E-state index >= 15 is 0 Å². The summed E-state index contributed by atoms with van der Waals surface area (Å²) in [6.07, 6.45) is 5.79. The standard InChI is InChI=1S/C14H16N2O/c15-16-13(11-6-9-17-10-11)14(7-8-14)12-4-2-1-3-5-12/h1-6,9-10,13,16H,7-8,15H2. The zero-order chi connectivity index (χ0) is 11.7. The smallest absolute Gasteiger partial charge is 0.0951 e. The molecule has 88 valence electrons. The Morgan fingerprint density at radius 3 is 2.47 bits per heavy atom. The van der Waals surface area contributed by atoms with Crippen LogP contribution in [0.1, 0.15) is 30.0 Å². The second-order valence-electron chi connectivity index (χ2n) is 4.68. The number of nitrogens with one attached hydrogen (secondary N) is 1. The third kappa shape index (κ3) is 1.68. The molecule has 1 atom stereocenters. The van der Waals surface area contributed by atoms with Crippen molar-refractivity contribution in [2.45, 2.75) is 24.3 Å². The molecule has 0 radical (unpaired) electrons. The summed E-state index contributed by atoms with van der Waals surface area (Å²) in [7, 11) is 0. The largest absolute Gasteiger partial charge is 0.472 e. The van der Waals surface area contributed by atoms with Gasteiger partial charge in [-0.1, -0.05) is 30.3 Å². The lowest BCUT2D eigenvalue weighted by molar-refractivity contribution is 0.433. The molecule has 0 saturated heterocycles. The van der Waals surface area contributed by atoms with E-state index in [2.05, 4.69) is 29.7 Å². The van der Waals surface area contributed by atoms with Gasteiger partial charge in [0.1, 0.15) is 0 Å². The first kappa shape index (κ1) is 10.6. The molecule has 1 aliphatic rings. The van der Waals surface area contributed by atoms with Crippen molar-refractivity contribution in [3.8, 4) is 0 Å². The minimum Gasteiger partial charge on any atom is -0.472 e. The van der Waals surface area contributed by atoms with Crippen molar-refractivity contribution in [2.24, 2.45) is 5.84 Å². The van der Waals surface area contributed by atoms with Crippen molar-refractivity contribution in [3.05, 3.63) is 60.1 Å². The number of benzene rings is 1. The van der Waals surface area contributed by atoms with Gasteiger partial charge in [-0.3, -0.25) is 11.3 Å². The fraction of sp³-hybridized carbons (Fsp3) is 0.286. The van der Waals surface area contributed by atoms with E-state index in [1.807, 2.05) is 12.1 Å². The summed E-state index contributed by atoms with van der Waals surface area (Å²) in [6.45, 7) is 0. The first-order chi connectivity index (χ1) is 8.37. The number of rotatable bonds is 4. The van der Waals surface area contributed by atoms with E-state index in [1.165, 1.54) is 5.56 Å². The lowest BCUT2D eigenvalue weighted by Crippen LogP contribution is -2.36. The van der Waals surface area contributed by atoms with Crippen LogP contribution < -0.4 is 11.3 Å². The fourth-order valence-electron chi connectivity index (χ4n) is 2.66. The van der Waals surface area contributed by atoms with Gasteiger partial charge in [0, 0.05) is 11.0 Å². The highest BCUT2D eigenvalue weighted by Gasteiger charge is 2.51. The lowest BCUT2D eigenvalue weighted by atomic mass is 9.85. The van der Waals surface area contributed by atoms with Gasteiger partial charge in [-0.15, -0.1) is 0 Å². The van der Waals surface area contributed by atoms with Crippen molar-refractivity contribution in [2.75, 3.05) is 0 Å². The quantitative estimate of drug-likeness (QED) is 0.624. The maximum absolute atomic E-state index is 5.74. The van der Waals surface area contributed by atoms with Gasteiger partial charge in [-0.2, -0.15) is 0 Å². The molecule has 0 amide bonds. The highest BCUT2D eigenvalue weighted by atomic mass is 16.3. The van der Waals surface area contributed by atoms with Crippen LogP contribution in [0, 0.1) is 0 Å². The molecule has 1 heterocycles. The molecule has 1 aromatic heterocycles. The Bertz CT molecular complexity index is 474. The van der Waals surface area contributed by atoms with Gasteiger partial charge < -0.3 is 4.42 Å². The number of hydrogen-bond donors (Lipinski definition) is 2. The number of hydrazine groups is 1. The third-order valence-electron chi connectivity index (χ3n) is 3.73. The van der Waals surface area contributed by atoms with Crippen LogP contribution >= 0.6 is 0 Å². The molecule has 3 rings (SSSR count). The molecule has 1 unspecified atom stereocenters. The van der Waals surface area contributed by atoms with Crippen molar-refractivity contribution < 1.29 is 4.42 Å². The summed E-state index contributed by atoms with van der Waals surface area (Å²) < 4.78 is 5.16. The average Bonchev–Trinajstić information content (AvgIpc) is 3.00. The van der Waals surface area contributed by atoms with Gasteiger partial charge >= 0.3 is 0 Å². The Hall–Kier alpha value is -1.58. The number of furan rings is 1. The minimum atomic E-state index is 0.128. The van der Waals surface area contributed by atoms with Crippen molar-refractivity contribution in [1.29, 1.82) is 0 Å². The predicted octanol–water partition coefficient (Wildman–Crippen LogP) is 2.52. The molecule has 1 fully saturated rings. The van der Waals surface area contributed by atoms with Gasteiger partial charge in [0.25, 0.3) is 0 Å². The van der Waals surface area contributed by atoms with Crippen molar-refractivity contribution in [3.63, 3.8) is 0 Å². The average molecular weight is 228 g/mol. The van der Waals surface area contributed by atoms with E-state index in [0.29, 0.717) is 0 Å². The molecule has 0 spiro atoms. The zero-order valence-electron chi connectivity index (χ0n) is 9.60. The van der Waals surface area contributed by atoms with Crippen molar-refractivity contribution >= 4 is 0 Å². The molecule has 1 aromatic carbocycles. The molecular weight excluding hydrogens is 212 g/mol. The van der Waals surface area contributed by atoms with Crippen LogP contribution in [0.2, 0.25) is 0 Å². The van der Waals surface area contributed by atoms with Crippen LogP contribution in [0.4, 0.5) is 0 Å². The van der Waals surface area contributed by atoms with Crippen LogP contribution in [0.25, 0.3) is 0 Å². The first-order valence-corrected chi connectivity index (χ1v) is 5.90. The molecule has 0 bridgehead atoms. The zero-order valence-corrected chi connectivity index (χ0v) is 9.60. The van der Waals surface area contributed by atoms with E-state index in [9.17, 15) is 0 Å². The second-order valence-corrected chi connectivity index (χ2v) is 4.68. The van der Waals surface area contributed by atoms with E-state index in [0.717, 1.165) is 18.4 Å². The maximum atomic E-state index is 5.74. The summed E-state index contributed by atoms with van der Waals surface area (Å²) in [5.41, 5.74) is 5.55. The minimum absolute atomic E-state index is 0.128. The Kier molecular flexibility index (Phi) is 2.50. The van der Waals surface area contributed by atoms with Gasteiger partial charge in [-0.05, 0) is 24.5 Å². The summed E-state index contributed by atoms with van der Waals surface area (Å²) in [5, 5.41) is 0. The fourth-order valence-corrected chi connectivity index (χ4v) is 2.66. The Labute approximate surface area is 101 Å². The summed E-state index contributed by atoms with van der Waals surface area (Å²) in [6, 6.07) is 12.7. The molecule has 17 heavy (non-hydrogen) atoms. The van der Waals surface area contributed by atoms with E-state index in [1.54, 1.807) is 12.5 Å². The summed E-state index contributed by atoms with van der Waals surface area (Å²) in [4.78, 5) is 0. The Morgan fingerprint density at radius 2 is 1.94 bits per heavy atom. The van der Waals surface area contributed by atoms with Crippen LogP contribution in [0.5, 0.6) is 0 Å². The van der Waals surface area contributed by atoms with Gasteiger partial charge in [0.05, 0.1) is 18.6 Å². The van der Waals surface area contributed by atoms with Crippen LogP contribution in [0.3, 0.4) is 0 Å². The predicted molar refractivity (Wildman–Crippen MR) is 66.1 cm³/mol. The molecule has 1 aliphatic carbocycles. The molecule has 3 heteroatoms. The highest BCUT2D eigenvalue weighted by Crippen LogP contribution is 2.56. The van der Waals surface area contributed by atoms with Crippen LogP contribution in [0.15, 0.2) is 53.3 Å². The van der Waals surface area contributed by atoms with Crippen molar-refractivity contribution in [1.82, 2.24) is 5.43 Å². The molecule has 0 aliphatic heterocycles. The normalized spacial score (nSPS) is 18.9. The Balaban J connectivity index is 1.97. The van der Waals surface area contributed by atoms with E-state index in [4.69, 9.17) is 10.3 Å². The second kappa shape index (κ2) is 4.02.